The van der Waals surface area contributed by atoms with Crippen LogP contribution < -0.4 is 4.74 Å². The highest BCUT2D eigenvalue weighted by Gasteiger charge is 2.38. The highest BCUT2D eigenvalue weighted by atomic mass is 32.2. The Labute approximate surface area is 175 Å². The maximum atomic E-state index is 13.5. The molecule has 1 atom stereocenters. The first kappa shape index (κ1) is 22.1. The van der Waals surface area contributed by atoms with Crippen molar-refractivity contribution in [2.24, 2.45) is 11.8 Å². The summed E-state index contributed by atoms with van der Waals surface area (Å²) in [5, 5.41) is 0. The lowest BCUT2D eigenvalue weighted by atomic mass is 9.79. The average Bonchev–Trinajstić information content (AvgIpc) is 3.10. The first-order valence-electron chi connectivity index (χ1n) is 11.1. The van der Waals surface area contributed by atoms with Crippen LogP contribution in [0.2, 0.25) is 0 Å². The van der Waals surface area contributed by atoms with Gasteiger partial charge in [-0.3, -0.25) is 4.79 Å². The summed E-state index contributed by atoms with van der Waals surface area (Å²) in [5.41, 5.74) is 1.01. The monoisotopic (exact) mass is 421 g/mol. The second-order valence-electron chi connectivity index (χ2n) is 8.73. The van der Waals surface area contributed by atoms with Crippen LogP contribution in [0.5, 0.6) is 5.75 Å². The molecular formula is C23H35NO4S. The van der Waals surface area contributed by atoms with Crippen LogP contribution in [0, 0.1) is 11.8 Å². The molecule has 2 aliphatic rings. The Morgan fingerprint density at radius 3 is 2.34 bits per heavy atom. The second-order valence-corrected chi connectivity index (χ2v) is 11.0. The molecule has 1 aliphatic carbocycles. The lowest BCUT2D eigenvalue weighted by Gasteiger charge is -2.35. The quantitative estimate of drug-likeness (QED) is 0.631. The Balaban J connectivity index is 1.69. The van der Waals surface area contributed by atoms with Crippen molar-refractivity contribution in [2.75, 3.05) is 18.6 Å². The van der Waals surface area contributed by atoms with Gasteiger partial charge in [0.25, 0.3) is 0 Å². The van der Waals surface area contributed by atoms with Crippen molar-refractivity contribution in [3.63, 3.8) is 0 Å². The van der Waals surface area contributed by atoms with Gasteiger partial charge < -0.3 is 9.64 Å². The van der Waals surface area contributed by atoms with Gasteiger partial charge in [-0.05, 0) is 55.7 Å². The number of benzene rings is 1. The molecule has 1 aromatic rings. The van der Waals surface area contributed by atoms with Crippen LogP contribution in [0.1, 0.15) is 63.9 Å². The van der Waals surface area contributed by atoms with Crippen molar-refractivity contribution in [3.8, 4) is 5.75 Å². The summed E-state index contributed by atoms with van der Waals surface area (Å²) in [4.78, 5) is 15.3. The minimum atomic E-state index is -3.04. The van der Waals surface area contributed by atoms with Gasteiger partial charge >= 0.3 is 0 Å². The number of ether oxygens (including phenoxy) is 1. The molecule has 1 saturated heterocycles. The molecule has 0 spiro atoms. The van der Waals surface area contributed by atoms with Gasteiger partial charge in [0.2, 0.25) is 5.91 Å². The first-order chi connectivity index (χ1) is 13.9. The standard InChI is InChI=1S/C23H35NO4S/c1-3-4-5-18-6-10-20(11-7-18)23(25)24(21-14-15-29(26,27)17-21)16-19-8-12-22(28-2)13-9-19/h8-9,12-13,18,20-21H,3-7,10-11,14-17H2,1-2H3/t18?,20?,21-/m0/s1. The maximum Gasteiger partial charge on any atom is 0.226 e. The van der Waals surface area contributed by atoms with Crippen LogP contribution in [0.15, 0.2) is 24.3 Å². The topological polar surface area (TPSA) is 63.7 Å². The van der Waals surface area contributed by atoms with Gasteiger partial charge in [0, 0.05) is 18.5 Å². The molecule has 1 amide bonds. The third-order valence-electron chi connectivity index (χ3n) is 6.61. The van der Waals surface area contributed by atoms with Gasteiger partial charge in [-0.2, -0.15) is 0 Å². The van der Waals surface area contributed by atoms with E-state index in [4.69, 9.17) is 4.74 Å². The predicted octanol–water partition coefficient (Wildman–Crippen LogP) is 4.21. The van der Waals surface area contributed by atoms with Crippen LogP contribution in [0.4, 0.5) is 0 Å². The van der Waals surface area contributed by atoms with E-state index in [1.54, 1.807) is 7.11 Å². The number of rotatable bonds is 8. The Kier molecular flexibility index (Phi) is 7.60. The van der Waals surface area contributed by atoms with E-state index in [2.05, 4.69) is 6.92 Å². The fourth-order valence-electron chi connectivity index (χ4n) is 4.76. The van der Waals surface area contributed by atoms with Crippen molar-refractivity contribution < 1.29 is 17.9 Å². The fraction of sp³-hybridized carbons (Fsp3) is 0.696. The van der Waals surface area contributed by atoms with Gasteiger partial charge in [0.1, 0.15) is 5.75 Å². The summed E-state index contributed by atoms with van der Waals surface area (Å²) in [6.45, 7) is 2.70. The molecule has 0 unspecified atom stereocenters. The zero-order valence-corrected chi connectivity index (χ0v) is 18.6. The maximum absolute atomic E-state index is 13.5. The molecule has 5 nitrogen and oxygen atoms in total. The van der Waals surface area contributed by atoms with Crippen LogP contribution in [0.25, 0.3) is 0 Å². The lowest BCUT2D eigenvalue weighted by molar-refractivity contribution is -0.139. The zero-order chi connectivity index (χ0) is 20.9. The zero-order valence-electron chi connectivity index (χ0n) is 17.8. The number of sulfone groups is 1. The van der Waals surface area contributed by atoms with Gasteiger partial charge in [0.15, 0.2) is 9.84 Å². The van der Waals surface area contributed by atoms with E-state index in [1.807, 2.05) is 29.2 Å². The third-order valence-corrected chi connectivity index (χ3v) is 8.36. The van der Waals surface area contributed by atoms with E-state index in [9.17, 15) is 13.2 Å². The number of carbonyl (C=O) groups is 1. The van der Waals surface area contributed by atoms with Gasteiger partial charge in [-0.1, -0.05) is 38.3 Å². The molecule has 0 N–H and O–H groups in total. The molecule has 3 rings (SSSR count). The molecule has 0 bridgehead atoms. The first-order valence-corrected chi connectivity index (χ1v) is 12.9. The van der Waals surface area contributed by atoms with Crippen molar-refractivity contribution in [1.29, 1.82) is 0 Å². The molecule has 29 heavy (non-hydrogen) atoms. The molecule has 6 heteroatoms. The Morgan fingerprint density at radius 2 is 1.79 bits per heavy atom. The van der Waals surface area contributed by atoms with E-state index in [-0.39, 0.29) is 29.4 Å². The molecule has 2 fully saturated rings. The molecule has 1 heterocycles. The van der Waals surface area contributed by atoms with Crippen molar-refractivity contribution in [2.45, 2.75) is 70.9 Å². The van der Waals surface area contributed by atoms with Gasteiger partial charge in [0.05, 0.1) is 18.6 Å². The second kappa shape index (κ2) is 9.96. The molecule has 0 aromatic heterocycles. The predicted molar refractivity (Wildman–Crippen MR) is 116 cm³/mol. The molecule has 1 aliphatic heterocycles. The van der Waals surface area contributed by atoms with Crippen molar-refractivity contribution >= 4 is 15.7 Å². The smallest absolute Gasteiger partial charge is 0.226 e. The summed E-state index contributed by atoms with van der Waals surface area (Å²) in [5.74, 6) is 2.00. The van der Waals surface area contributed by atoms with Gasteiger partial charge in [-0.15, -0.1) is 0 Å². The van der Waals surface area contributed by atoms with Crippen LogP contribution in [-0.4, -0.2) is 43.9 Å². The van der Waals surface area contributed by atoms with E-state index in [0.29, 0.717) is 13.0 Å². The van der Waals surface area contributed by atoms with Crippen LogP contribution in [-0.2, 0) is 21.2 Å². The minimum absolute atomic E-state index is 0.0365. The summed E-state index contributed by atoms with van der Waals surface area (Å²) in [7, 11) is -1.41. The highest BCUT2D eigenvalue weighted by molar-refractivity contribution is 7.91. The summed E-state index contributed by atoms with van der Waals surface area (Å²) >= 11 is 0. The summed E-state index contributed by atoms with van der Waals surface area (Å²) in [6, 6.07) is 7.51. The highest BCUT2D eigenvalue weighted by Crippen LogP contribution is 2.34. The molecular weight excluding hydrogens is 386 g/mol. The van der Waals surface area contributed by atoms with E-state index in [1.165, 1.54) is 19.3 Å². The fourth-order valence-corrected chi connectivity index (χ4v) is 6.49. The number of hydrogen-bond donors (Lipinski definition) is 0. The summed E-state index contributed by atoms with van der Waals surface area (Å²) < 4.78 is 29.4. The number of methoxy groups -OCH3 is 1. The largest absolute Gasteiger partial charge is 0.497 e. The number of amides is 1. The molecule has 1 saturated carbocycles. The van der Waals surface area contributed by atoms with Crippen LogP contribution in [0.3, 0.4) is 0 Å². The molecule has 162 valence electrons. The Bertz CT molecular complexity index is 767. The van der Waals surface area contributed by atoms with Crippen molar-refractivity contribution in [3.05, 3.63) is 29.8 Å². The number of carbonyl (C=O) groups excluding carboxylic acids is 1. The van der Waals surface area contributed by atoms with Crippen LogP contribution >= 0.6 is 0 Å². The molecule has 0 radical (unpaired) electrons. The van der Waals surface area contributed by atoms with E-state index >= 15 is 0 Å². The van der Waals surface area contributed by atoms with E-state index in [0.717, 1.165) is 42.9 Å². The third kappa shape index (κ3) is 5.97. The number of nitrogens with zero attached hydrogens (tertiary/aromatic N) is 1. The minimum Gasteiger partial charge on any atom is -0.497 e. The van der Waals surface area contributed by atoms with E-state index < -0.39 is 9.84 Å². The lowest BCUT2D eigenvalue weighted by Crippen LogP contribution is -2.44. The molecule has 1 aromatic carbocycles. The van der Waals surface area contributed by atoms with Crippen molar-refractivity contribution in [1.82, 2.24) is 4.90 Å². The SMILES string of the molecule is CCCCC1CCC(C(=O)N(Cc2ccc(OC)cc2)[C@H]2CCS(=O)(=O)C2)CC1. The number of hydrogen-bond acceptors (Lipinski definition) is 4. The Morgan fingerprint density at radius 1 is 1.10 bits per heavy atom. The van der Waals surface area contributed by atoms with Gasteiger partial charge in [-0.25, -0.2) is 8.42 Å². The normalized spacial score (nSPS) is 26.2. The average molecular weight is 422 g/mol. The number of unbranched alkanes of at least 4 members (excludes halogenated alkanes) is 1. The summed E-state index contributed by atoms with van der Waals surface area (Å²) in [6.07, 6.45) is 8.43. The Hall–Kier alpha value is -1.56.